The number of hydrogen-bond donors (Lipinski definition) is 1. The second-order valence-electron chi connectivity index (χ2n) is 7.02. The van der Waals surface area contributed by atoms with Gasteiger partial charge in [0, 0.05) is 37.2 Å². The molecule has 2 unspecified atom stereocenters. The van der Waals surface area contributed by atoms with Crippen LogP contribution in [0.25, 0.3) is 0 Å². The van der Waals surface area contributed by atoms with Gasteiger partial charge in [-0.1, -0.05) is 0 Å². The van der Waals surface area contributed by atoms with Gasteiger partial charge in [-0.25, -0.2) is 8.78 Å². The zero-order valence-electron chi connectivity index (χ0n) is 15.2. The quantitative estimate of drug-likeness (QED) is 0.482. The third-order valence-electron chi connectivity index (χ3n) is 4.89. The van der Waals surface area contributed by atoms with E-state index < -0.39 is 29.1 Å². The van der Waals surface area contributed by atoms with Crippen LogP contribution in [0, 0.1) is 17.0 Å². The fourth-order valence-corrected chi connectivity index (χ4v) is 3.80. The largest absolute Gasteiger partial charge is 0.598 e. The van der Waals surface area contributed by atoms with Gasteiger partial charge in [0.25, 0.3) is 0 Å². The summed E-state index contributed by atoms with van der Waals surface area (Å²) in [6.45, 7) is 2.65. The summed E-state index contributed by atoms with van der Waals surface area (Å²) in [5.74, 6) is -1.43. The van der Waals surface area contributed by atoms with Gasteiger partial charge in [0.2, 0.25) is 6.41 Å². The predicted molar refractivity (Wildman–Crippen MR) is 98.1 cm³/mol. The summed E-state index contributed by atoms with van der Waals surface area (Å²) in [4.78, 5) is 14.3. The molecule has 1 N–H and O–H groups in total. The van der Waals surface area contributed by atoms with Crippen LogP contribution in [0.1, 0.15) is 0 Å². The number of carbonyl (C=O) groups is 1. The molecule has 2 atom stereocenters. The fourth-order valence-electron chi connectivity index (χ4n) is 3.38. The summed E-state index contributed by atoms with van der Waals surface area (Å²) in [6.07, 6.45) is 1.48. The number of nitrogens with zero attached hydrogens (tertiary/aromatic N) is 2. The van der Waals surface area contributed by atoms with Gasteiger partial charge in [-0.15, -0.1) is 4.72 Å². The molecule has 2 aliphatic rings. The summed E-state index contributed by atoms with van der Waals surface area (Å²) in [5.41, 5.74) is 0.0591. The van der Waals surface area contributed by atoms with E-state index in [0.717, 1.165) is 12.1 Å². The molecule has 2 aliphatic heterocycles. The normalized spacial score (nSPS) is 20.0. The highest BCUT2D eigenvalue weighted by atomic mass is 32.2. The first-order valence-electron chi connectivity index (χ1n) is 8.51. The van der Waals surface area contributed by atoms with E-state index in [1.54, 1.807) is 4.90 Å². The zero-order chi connectivity index (χ0) is 19.6. The van der Waals surface area contributed by atoms with Crippen molar-refractivity contribution in [2.75, 3.05) is 62.6 Å². The Morgan fingerprint density at radius 3 is 2.52 bits per heavy atom. The number of benzene rings is 1. The molecule has 1 amide bonds. The Balaban J connectivity index is 1.70. The third kappa shape index (κ3) is 4.35. The van der Waals surface area contributed by atoms with Gasteiger partial charge in [0.05, 0.1) is 37.8 Å². The Morgan fingerprint density at radius 2 is 2.07 bits per heavy atom. The van der Waals surface area contributed by atoms with Gasteiger partial charge in [-0.3, -0.25) is 4.79 Å². The molecule has 7 nitrogen and oxygen atoms in total. The maximum Gasteiger partial charge on any atom is 0.214 e. The van der Waals surface area contributed by atoms with Crippen LogP contribution < -0.4 is 14.5 Å². The van der Waals surface area contributed by atoms with Crippen LogP contribution in [0.5, 0.6) is 0 Å². The van der Waals surface area contributed by atoms with Gasteiger partial charge >= 0.3 is 0 Å². The molecule has 1 spiro atoms. The number of amides is 1. The van der Waals surface area contributed by atoms with Crippen molar-refractivity contribution in [2.24, 2.45) is 5.41 Å². The lowest BCUT2D eigenvalue weighted by molar-refractivity contribution is -0.127. The summed E-state index contributed by atoms with van der Waals surface area (Å²) < 4.78 is 53.4. The van der Waals surface area contributed by atoms with Crippen molar-refractivity contribution >= 4 is 29.1 Å². The van der Waals surface area contributed by atoms with Crippen LogP contribution in [0.2, 0.25) is 0 Å². The molecule has 2 heterocycles. The van der Waals surface area contributed by atoms with Gasteiger partial charge in [-0.2, -0.15) is 0 Å². The van der Waals surface area contributed by atoms with Crippen molar-refractivity contribution in [2.45, 2.75) is 6.10 Å². The summed E-state index contributed by atoms with van der Waals surface area (Å²) in [6, 6.07) is 2.29. The van der Waals surface area contributed by atoms with E-state index in [4.69, 9.17) is 9.47 Å². The number of methoxy groups -OCH3 is 1. The molecule has 0 radical (unpaired) electrons. The minimum atomic E-state index is -1.23. The molecule has 3 rings (SSSR count). The average Bonchev–Trinajstić information content (AvgIpc) is 2.54. The molecule has 150 valence electrons. The standard InChI is InChI=1S/C17H23F2N3O4S/c1-25-13(5-20-27(2)24)6-21(11-23)12-3-14(18)16(15(19)4-12)22-7-17(8-22)9-26-10-17/h3-4,11,13,20H,5-10H2,1-2H3. The number of ether oxygens (including phenoxy) is 2. The number of rotatable bonds is 9. The fraction of sp³-hybridized carbons (Fsp3) is 0.588. The molecule has 0 aromatic heterocycles. The maximum absolute atomic E-state index is 14.6. The Bertz CT molecular complexity index is 659. The van der Waals surface area contributed by atoms with Gasteiger partial charge < -0.3 is 23.8 Å². The van der Waals surface area contributed by atoms with Crippen molar-refractivity contribution in [3.63, 3.8) is 0 Å². The first kappa shape index (κ1) is 20.3. The highest BCUT2D eigenvalue weighted by molar-refractivity contribution is 7.88. The van der Waals surface area contributed by atoms with Crippen LogP contribution in [0.3, 0.4) is 0 Å². The number of halogens is 2. The Labute approximate surface area is 159 Å². The molecule has 27 heavy (non-hydrogen) atoms. The number of hydrogen-bond acceptors (Lipinski definition) is 6. The molecule has 2 saturated heterocycles. The molecule has 1 aromatic rings. The lowest BCUT2D eigenvalue weighted by Crippen LogP contribution is -2.66. The van der Waals surface area contributed by atoms with E-state index >= 15 is 0 Å². The minimum Gasteiger partial charge on any atom is -0.598 e. The maximum atomic E-state index is 14.6. The second-order valence-corrected chi connectivity index (χ2v) is 8.22. The smallest absolute Gasteiger partial charge is 0.214 e. The molecule has 0 saturated carbocycles. The first-order valence-corrected chi connectivity index (χ1v) is 10.1. The molecule has 0 aliphatic carbocycles. The van der Waals surface area contributed by atoms with Crippen LogP contribution >= 0.6 is 0 Å². The Hall–Kier alpha value is -1.46. The summed E-state index contributed by atoms with van der Waals surface area (Å²) in [7, 11) is 1.45. The lowest BCUT2D eigenvalue weighted by atomic mass is 9.77. The average molecular weight is 403 g/mol. The van der Waals surface area contributed by atoms with E-state index in [-0.39, 0.29) is 29.9 Å². The summed E-state index contributed by atoms with van der Waals surface area (Å²) in [5, 5.41) is 0. The Morgan fingerprint density at radius 1 is 1.44 bits per heavy atom. The molecular formula is C17H23F2N3O4S. The van der Waals surface area contributed by atoms with Gasteiger partial charge in [0.15, 0.2) is 11.6 Å². The van der Waals surface area contributed by atoms with Crippen LogP contribution in [0.4, 0.5) is 20.2 Å². The van der Waals surface area contributed by atoms with Crippen molar-refractivity contribution in [1.29, 1.82) is 0 Å². The monoisotopic (exact) mass is 403 g/mol. The van der Waals surface area contributed by atoms with E-state index in [2.05, 4.69) is 4.72 Å². The molecular weight excluding hydrogens is 380 g/mol. The molecule has 1 aromatic carbocycles. The molecule has 0 bridgehead atoms. The summed E-state index contributed by atoms with van der Waals surface area (Å²) >= 11 is -1.23. The molecule has 2 fully saturated rings. The SMILES string of the molecule is COC(CN[S+](C)[O-])CN(C=O)c1cc(F)c(N2CC3(COC3)C2)c(F)c1. The topological polar surface area (TPSA) is 77.1 Å². The predicted octanol–water partition coefficient (Wildman–Crippen LogP) is 0.662. The van der Waals surface area contributed by atoms with Crippen molar-refractivity contribution in [3.05, 3.63) is 23.8 Å². The number of carbonyl (C=O) groups excluding carboxylic acids is 1. The van der Waals surface area contributed by atoms with E-state index in [1.807, 2.05) is 0 Å². The molecule has 10 heteroatoms. The van der Waals surface area contributed by atoms with E-state index in [9.17, 15) is 18.1 Å². The number of nitrogens with one attached hydrogen (secondary N) is 1. The van der Waals surface area contributed by atoms with E-state index in [1.165, 1.54) is 18.3 Å². The van der Waals surface area contributed by atoms with Crippen molar-refractivity contribution < 1.29 is 27.6 Å². The lowest BCUT2D eigenvalue weighted by Gasteiger charge is -2.56. The number of anilines is 2. The van der Waals surface area contributed by atoms with Crippen LogP contribution in [-0.2, 0) is 25.6 Å². The highest BCUT2D eigenvalue weighted by Crippen LogP contribution is 2.42. The third-order valence-corrected chi connectivity index (χ3v) is 5.47. The highest BCUT2D eigenvalue weighted by Gasteiger charge is 2.50. The Kier molecular flexibility index (Phi) is 6.21. The van der Waals surface area contributed by atoms with Crippen molar-refractivity contribution in [1.82, 2.24) is 4.72 Å². The van der Waals surface area contributed by atoms with Gasteiger partial charge in [0.1, 0.15) is 11.9 Å². The van der Waals surface area contributed by atoms with Crippen molar-refractivity contribution in [3.8, 4) is 0 Å². The minimum absolute atomic E-state index is 0.0322. The second kappa shape index (κ2) is 8.27. The van der Waals surface area contributed by atoms with Gasteiger partial charge in [-0.05, 0) is 12.1 Å². The van der Waals surface area contributed by atoms with E-state index in [0.29, 0.717) is 32.7 Å². The zero-order valence-corrected chi connectivity index (χ0v) is 16.1. The van der Waals surface area contributed by atoms with Crippen LogP contribution in [-0.4, -0.2) is 69.8 Å². The first-order chi connectivity index (χ1) is 12.9. The van der Waals surface area contributed by atoms with Crippen LogP contribution in [0.15, 0.2) is 12.1 Å².